The molecule has 2 aromatic rings. The highest BCUT2D eigenvalue weighted by atomic mass is 16.5. The van der Waals surface area contributed by atoms with Crippen LogP contribution in [0.2, 0.25) is 0 Å². The maximum Gasteiger partial charge on any atom is 0.261 e. The molecule has 1 aliphatic rings. The molecule has 1 heterocycles. The number of amides is 2. The summed E-state index contributed by atoms with van der Waals surface area (Å²) in [5, 5.41) is 11.0. The molecule has 108 valence electrons. The van der Waals surface area contributed by atoms with Gasteiger partial charge in [0.2, 0.25) is 0 Å². The average Bonchev–Trinajstić information content (AvgIpc) is 2.49. The summed E-state index contributed by atoms with van der Waals surface area (Å²) in [7, 11) is 1.58. The Morgan fingerprint density at radius 2 is 1.81 bits per heavy atom. The Kier molecular flexibility index (Phi) is 3.35. The van der Waals surface area contributed by atoms with Crippen molar-refractivity contribution in [3.63, 3.8) is 0 Å². The Morgan fingerprint density at radius 1 is 1.10 bits per heavy atom. The lowest BCUT2D eigenvalue weighted by Gasteiger charge is -2.27. The van der Waals surface area contributed by atoms with Crippen LogP contribution in [0, 0.1) is 0 Å². The number of benzene rings is 2. The summed E-state index contributed by atoms with van der Waals surface area (Å²) in [6.07, 6.45) is 0.595. The summed E-state index contributed by atoms with van der Waals surface area (Å²) in [6.45, 7) is 0.811. The molecule has 0 spiro atoms. The highest BCUT2D eigenvalue weighted by molar-refractivity contribution is 6.26. The zero-order valence-electron chi connectivity index (χ0n) is 11.6. The van der Waals surface area contributed by atoms with Crippen molar-refractivity contribution < 1.29 is 19.4 Å². The van der Waals surface area contributed by atoms with Crippen LogP contribution in [0.15, 0.2) is 30.3 Å². The minimum absolute atomic E-state index is 0.0732. The average molecular weight is 285 g/mol. The Labute approximate surface area is 121 Å². The summed E-state index contributed by atoms with van der Waals surface area (Å²) >= 11 is 0. The number of aromatic hydroxyl groups is 1. The van der Waals surface area contributed by atoms with E-state index in [1.807, 2.05) is 0 Å². The van der Waals surface area contributed by atoms with Crippen LogP contribution in [0.4, 0.5) is 0 Å². The third-order valence-electron chi connectivity index (χ3n) is 3.70. The summed E-state index contributed by atoms with van der Waals surface area (Å²) in [5.41, 5.74) is 0.908. The lowest BCUT2D eigenvalue weighted by molar-refractivity contribution is 0.0595. The van der Waals surface area contributed by atoms with Gasteiger partial charge in [0.25, 0.3) is 11.8 Å². The molecule has 1 aliphatic heterocycles. The van der Waals surface area contributed by atoms with E-state index in [4.69, 9.17) is 4.74 Å². The number of imide groups is 1. The van der Waals surface area contributed by atoms with E-state index in [0.717, 1.165) is 0 Å². The van der Waals surface area contributed by atoms with Crippen molar-refractivity contribution in [2.75, 3.05) is 20.3 Å². The van der Waals surface area contributed by atoms with Gasteiger partial charge in [-0.25, -0.2) is 0 Å². The Bertz CT molecular complexity index is 716. The number of carbonyl (C=O) groups excluding carboxylic acids is 2. The van der Waals surface area contributed by atoms with Gasteiger partial charge in [-0.15, -0.1) is 0 Å². The molecule has 2 aromatic carbocycles. The summed E-state index contributed by atoms with van der Waals surface area (Å²) in [6, 6.07) is 8.16. The van der Waals surface area contributed by atoms with Gasteiger partial charge in [-0.1, -0.05) is 12.1 Å². The molecular weight excluding hydrogens is 270 g/mol. The van der Waals surface area contributed by atoms with Crippen molar-refractivity contribution in [3.8, 4) is 5.75 Å². The maximum absolute atomic E-state index is 12.5. The second kappa shape index (κ2) is 5.18. The molecule has 0 atom stereocenters. The predicted molar refractivity (Wildman–Crippen MR) is 77.5 cm³/mol. The van der Waals surface area contributed by atoms with Crippen molar-refractivity contribution in [2.24, 2.45) is 0 Å². The molecule has 0 unspecified atom stereocenters. The monoisotopic (exact) mass is 285 g/mol. The first-order valence-corrected chi connectivity index (χ1v) is 6.75. The van der Waals surface area contributed by atoms with Crippen LogP contribution >= 0.6 is 0 Å². The van der Waals surface area contributed by atoms with Gasteiger partial charge in [0.05, 0.1) is 0 Å². The maximum atomic E-state index is 12.5. The first-order chi connectivity index (χ1) is 10.1. The lowest BCUT2D eigenvalue weighted by atomic mass is 9.93. The van der Waals surface area contributed by atoms with E-state index in [9.17, 15) is 14.7 Å². The number of methoxy groups -OCH3 is 1. The SMILES string of the molecule is COCCCN1C(=O)c2cccc3c(O)ccc(c23)C1=O. The molecule has 0 aromatic heterocycles. The van der Waals surface area contributed by atoms with Gasteiger partial charge in [0.15, 0.2) is 0 Å². The van der Waals surface area contributed by atoms with Crippen LogP contribution < -0.4 is 0 Å². The normalized spacial score (nSPS) is 14.0. The molecule has 21 heavy (non-hydrogen) atoms. The van der Waals surface area contributed by atoms with Crippen molar-refractivity contribution in [3.05, 3.63) is 41.5 Å². The van der Waals surface area contributed by atoms with Gasteiger partial charge in [0.1, 0.15) is 5.75 Å². The van der Waals surface area contributed by atoms with Gasteiger partial charge < -0.3 is 9.84 Å². The third kappa shape index (κ3) is 2.06. The molecule has 0 aliphatic carbocycles. The number of rotatable bonds is 4. The first-order valence-electron chi connectivity index (χ1n) is 6.75. The topological polar surface area (TPSA) is 66.8 Å². The van der Waals surface area contributed by atoms with Crippen LogP contribution in [0.5, 0.6) is 5.75 Å². The summed E-state index contributed by atoms with van der Waals surface area (Å²) in [4.78, 5) is 26.2. The van der Waals surface area contributed by atoms with Gasteiger partial charge in [-0.05, 0) is 24.6 Å². The van der Waals surface area contributed by atoms with Gasteiger partial charge in [0, 0.05) is 42.2 Å². The van der Waals surface area contributed by atoms with Crippen molar-refractivity contribution in [1.29, 1.82) is 0 Å². The highest BCUT2D eigenvalue weighted by Gasteiger charge is 2.32. The zero-order valence-corrected chi connectivity index (χ0v) is 11.6. The molecule has 3 rings (SSSR count). The highest BCUT2D eigenvalue weighted by Crippen LogP contribution is 2.34. The molecule has 1 N–H and O–H groups in total. The Morgan fingerprint density at radius 3 is 2.52 bits per heavy atom. The fourth-order valence-electron chi connectivity index (χ4n) is 2.70. The van der Waals surface area contributed by atoms with Crippen LogP contribution in [-0.4, -0.2) is 42.1 Å². The van der Waals surface area contributed by atoms with Gasteiger partial charge in [-0.3, -0.25) is 14.5 Å². The van der Waals surface area contributed by atoms with E-state index < -0.39 is 0 Å². The lowest BCUT2D eigenvalue weighted by Crippen LogP contribution is -2.41. The molecule has 0 bridgehead atoms. The summed E-state index contributed by atoms with van der Waals surface area (Å²) in [5.74, 6) is -0.566. The van der Waals surface area contributed by atoms with Gasteiger partial charge in [-0.2, -0.15) is 0 Å². The minimum atomic E-state index is -0.320. The number of hydrogen-bond donors (Lipinski definition) is 1. The smallest absolute Gasteiger partial charge is 0.261 e. The summed E-state index contributed by atoms with van der Waals surface area (Å²) < 4.78 is 4.96. The van der Waals surface area contributed by atoms with E-state index >= 15 is 0 Å². The van der Waals surface area contributed by atoms with E-state index in [-0.39, 0.29) is 17.6 Å². The molecule has 5 nitrogen and oxygen atoms in total. The number of phenolic OH excluding ortho intramolecular Hbond substituents is 1. The van der Waals surface area contributed by atoms with Crippen LogP contribution in [0.25, 0.3) is 10.8 Å². The second-order valence-corrected chi connectivity index (χ2v) is 4.97. The van der Waals surface area contributed by atoms with Crippen molar-refractivity contribution in [2.45, 2.75) is 6.42 Å². The van der Waals surface area contributed by atoms with E-state index in [1.165, 1.54) is 11.0 Å². The van der Waals surface area contributed by atoms with Crippen LogP contribution in [-0.2, 0) is 4.74 Å². The van der Waals surface area contributed by atoms with Crippen LogP contribution in [0.1, 0.15) is 27.1 Å². The third-order valence-corrected chi connectivity index (χ3v) is 3.70. The van der Waals surface area contributed by atoms with Crippen molar-refractivity contribution >= 4 is 22.6 Å². The molecule has 0 saturated heterocycles. The van der Waals surface area contributed by atoms with E-state index in [0.29, 0.717) is 41.5 Å². The fraction of sp³-hybridized carbons (Fsp3) is 0.250. The standard InChI is InChI=1S/C16H15NO4/c1-21-9-3-8-17-15(19)11-5-2-4-10-13(18)7-6-12(14(10)11)16(17)20/h2,4-7,18H,3,8-9H2,1H3. The first kappa shape index (κ1) is 13.6. The molecule has 0 fully saturated rings. The molecule has 2 amide bonds. The molecular formula is C16H15NO4. The van der Waals surface area contributed by atoms with Crippen LogP contribution in [0.3, 0.4) is 0 Å². The number of hydrogen-bond acceptors (Lipinski definition) is 4. The molecule has 0 radical (unpaired) electrons. The predicted octanol–water partition coefficient (Wildman–Crippen LogP) is 2.18. The van der Waals surface area contributed by atoms with Gasteiger partial charge >= 0.3 is 0 Å². The Balaban J connectivity index is 2.11. The van der Waals surface area contributed by atoms with E-state index in [1.54, 1.807) is 31.4 Å². The fourth-order valence-corrected chi connectivity index (χ4v) is 2.70. The quantitative estimate of drug-likeness (QED) is 0.690. The number of ether oxygens (including phenoxy) is 1. The number of phenols is 1. The Hall–Kier alpha value is -2.40. The largest absolute Gasteiger partial charge is 0.507 e. The number of carbonyl (C=O) groups is 2. The zero-order chi connectivity index (χ0) is 15.0. The minimum Gasteiger partial charge on any atom is -0.507 e. The molecule has 0 saturated carbocycles. The van der Waals surface area contributed by atoms with Crippen molar-refractivity contribution in [1.82, 2.24) is 4.90 Å². The second-order valence-electron chi connectivity index (χ2n) is 4.97. The number of nitrogens with zero attached hydrogens (tertiary/aromatic N) is 1. The molecule has 5 heteroatoms. The van der Waals surface area contributed by atoms with E-state index in [2.05, 4.69) is 0 Å².